The van der Waals surface area contributed by atoms with Crippen LogP contribution in [0.15, 0.2) is 6.07 Å². The minimum atomic E-state index is -0.255. The van der Waals surface area contributed by atoms with E-state index in [0.717, 1.165) is 32.6 Å². The Morgan fingerprint density at radius 3 is 2.64 bits per heavy atom. The van der Waals surface area contributed by atoms with Gasteiger partial charge < -0.3 is 14.9 Å². The molecule has 0 aliphatic carbocycles. The Balaban J connectivity index is 1.78. The van der Waals surface area contributed by atoms with Crippen molar-refractivity contribution in [3.8, 4) is 0 Å². The molecule has 5 nitrogen and oxygen atoms in total. The predicted octanol–water partition coefficient (Wildman–Crippen LogP) is 2.80. The predicted molar refractivity (Wildman–Crippen MR) is 92.2 cm³/mol. The molecule has 0 radical (unpaired) electrons. The molecule has 0 aromatic carbocycles. The topological polar surface area (TPSA) is 56.7 Å². The normalized spacial score (nSPS) is 16.4. The number of aliphatic hydroxyl groups excluding tert-OH is 1. The maximum Gasteiger partial charge on any atom is 0.264 e. The highest BCUT2D eigenvalue weighted by atomic mass is 32.1. The lowest BCUT2D eigenvalue weighted by atomic mass is 10.1. The summed E-state index contributed by atoms with van der Waals surface area (Å²) in [5, 5.41) is 10.6. The Kier molecular flexibility index (Phi) is 4.65. The number of rotatable bonds is 4. The lowest BCUT2D eigenvalue weighted by Gasteiger charge is -2.29. The number of thiazole rings is 1. The second-order valence-corrected chi connectivity index (χ2v) is 7.51. The van der Waals surface area contributed by atoms with Crippen LogP contribution < -0.4 is 4.90 Å². The molecule has 3 heterocycles. The first-order chi connectivity index (χ1) is 10.6. The highest BCUT2D eigenvalue weighted by molar-refractivity contribution is 7.29. The fourth-order valence-electron chi connectivity index (χ4n) is 2.68. The van der Waals surface area contributed by atoms with Crippen LogP contribution in [0.5, 0.6) is 0 Å². The van der Waals surface area contributed by atoms with Crippen LogP contribution in [0.1, 0.15) is 36.4 Å². The van der Waals surface area contributed by atoms with Gasteiger partial charge in [-0.15, -0.1) is 11.3 Å². The van der Waals surface area contributed by atoms with Crippen LogP contribution in [0.3, 0.4) is 0 Å². The number of fused-ring (bicyclic) bond motifs is 1. The van der Waals surface area contributed by atoms with E-state index in [2.05, 4.69) is 23.7 Å². The molecule has 7 heteroatoms. The zero-order valence-corrected chi connectivity index (χ0v) is 14.5. The van der Waals surface area contributed by atoms with Crippen molar-refractivity contribution in [1.29, 1.82) is 0 Å². The standard InChI is InChI=1S/C15H21N3O2S2/c1-3-17(4-2)15-16-13-11(22-15)9-12(21-13)14(20)18-7-5-10(19)6-8-18/h9-10,19H,3-8H2,1-2H3. The molecular formula is C15H21N3O2S2. The maximum absolute atomic E-state index is 12.5. The highest BCUT2D eigenvalue weighted by Gasteiger charge is 2.24. The van der Waals surface area contributed by atoms with Crippen LogP contribution in [0.4, 0.5) is 5.13 Å². The Hall–Kier alpha value is -1.18. The molecule has 1 saturated heterocycles. The van der Waals surface area contributed by atoms with Gasteiger partial charge in [0.2, 0.25) is 0 Å². The van der Waals surface area contributed by atoms with Crippen molar-refractivity contribution in [2.75, 3.05) is 31.1 Å². The monoisotopic (exact) mass is 339 g/mol. The van der Waals surface area contributed by atoms with Gasteiger partial charge in [0.1, 0.15) is 4.83 Å². The molecule has 1 N–H and O–H groups in total. The summed E-state index contributed by atoms with van der Waals surface area (Å²) in [4.78, 5) is 23.0. The number of nitrogens with zero attached hydrogens (tertiary/aromatic N) is 3. The second kappa shape index (κ2) is 6.52. The van der Waals surface area contributed by atoms with E-state index < -0.39 is 0 Å². The molecule has 1 amide bonds. The van der Waals surface area contributed by atoms with Crippen LogP contribution in [-0.2, 0) is 0 Å². The zero-order chi connectivity index (χ0) is 15.7. The third-order valence-electron chi connectivity index (χ3n) is 4.07. The molecule has 1 fully saturated rings. The molecule has 0 spiro atoms. The third kappa shape index (κ3) is 2.98. The van der Waals surface area contributed by atoms with Crippen molar-refractivity contribution in [1.82, 2.24) is 9.88 Å². The lowest BCUT2D eigenvalue weighted by Crippen LogP contribution is -2.39. The summed E-state index contributed by atoms with van der Waals surface area (Å²) in [5.41, 5.74) is 0. The number of hydrogen-bond donors (Lipinski definition) is 1. The van der Waals surface area contributed by atoms with E-state index in [1.165, 1.54) is 11.3 Å². The third-order valence-corrected chi connectivity index (χ3v) is 6.28. The van der Waals surface area contributed by atoms with Crippen LogP contribution >= 0.6 is 22.7 Å². The van der Waals surface area contributed by atoms with Crippen LogP contribution in [0.25, 0.3) is 9.53 Å². The molecule has 3 rings (SSSR count). The molecule has 2 aromatic heterocycles. The molecule has 0 unspecified atom stereocenters. The first kappa shape index (κ1) is 15.7. The number of carbonyl (C=O) groups excluding carboxylic acids is 1. The van der Waals surface area contributed by atoms with Gasteiger partial charge in [0.25, 0.3) is 5.91 Å². The summed E-state index contributed by atoms with van der Waals surface area (Å²) in [6, 6.07) is 1.97. The second-order valence-electron chi connectivity index (χ2n) is 5.47. The van der Waals surface area contributed by atoms with E-state index in [1.807, 2.05) is 11.0 Å². The first-order valence-corrected chi connectivity index (χ1v) is 9.38. The Labute approximate surface area is 138 Å². The average molecular weight is 339 g/mol. The number of thiophene rings is 1. The van der Waals surface area contributed by atoms with Gasteiger partial charge in [0, 0.05) is 26.2 Å². The van der Waals surface area contributed by atoms with Crippen molar-refractivity contribution < 1.29 is 9.90 Å². The van der Waals surface area contributed by atoms with E-state index in [1.54, 1.807) is 11.3 Å². The number of aliphatic hydroxyl groups is 1. The Bertz CT molecular complexity index is 623. The van der Waals surface area contributed by atoms with Crippen molar-refractivity contribution in [2.45, 2.75) is 32.8 Å². The van der Waals surface area contributed by atoms with E-state index in [0.29, 0.717) is 25.9 Å². The first-order valence-electron chi connectivity index (χ1n) is 7.75. The van der Waals surface area contributed by atoms with Gasteiger partial charge in [-0.05, 0) is 32.8 Å². The number of likely N-dealkylation sites (tertiary alicyclic amines) is 1. The van der Waals surface area contributed by atoms with Gasteiger partial charge in [-0.25, -0.2) is 4.98 Å². The molecule has 0 bridgehead atoms. The SMILES string of the molecule is CCN(CC)c1nc2sc(C(=O)N3CCC(O)CC3)cc2s1. The average Bonchev–Trinajstić information content (AvgIpc) is 3.07. The van der Waals surface area contributed by atoms with E-state index >= 15 is 0 Å². The molecule has 1 aliphatic heterocycles. The number of hydrogen-bond acceptors (Lipinski definition) is 6. The van der Waals surface area contributed by atoms with E-state index in [9.17, 15) is 9.90 Å². The van der Waals surface area contributed by atoms with Crippen molar-refractivity contribution in [3.05, 3.63) is 10.9 Å². The number of carbonyl (C=O) groups is 1. The summed E-state index contributed by atoms with van der Waals surface area (Å²) in [6.45, 7) is 7.42. The van der Waals surface area contributed by atoms with Crippen LogP contribution in [0.2, 0.25) is 0 Å². The van der Waals surface area contributed by atoms with Gasteiger partial charge in [-0.1, -0.05) is 11.3 Å². The highest BCUT2D eigenvalue weighted by Crippen LogP contribution is 2.35. The summed E-state index contributed by atoms with van der Waals surface area (Å²) in [7, 11) is 0. The van der Waals surface area contributed by atoms with Crippen molar-refractivity contribution >= 4 is 43.2 Å². The quantitative estimate of drug-likeness (QED) is 0.930. The van der Waals surface area contributed by atoms with E-state index in [-0.39, 0.29) is 12.0 Å². The Morgan fingerprint density at radius 1 is 1.36 bits per heavy atom. The summed E-state index contributed by atoms with van der Waals surface area (Å²) in [6.07, 6.45) is 1.10. The zero-order valence-electron chi connectivity index (χ0n) is 12.9. The smallest absolute Gasteiger partial charge is 0.264 e. The number of anilines is 1. The van der Waals surface area contributed by atoms with Crippen molar-refractivity contribution in [2.24, 2.45) is 0 Å². The van der Waals surface area contributed by atoms with Gasteiger partial charge in [-0.2, -0.15) is 0 Å². The summed E-state index contributed by atoms with van der Waals surface area (Å²) in [5.74, 6) is 0.0755. The van der Waals surface area contributed by atoms with E-state index in [4.69, 9.17) is 0 Å². The molecule has 1 aliphatic rings. The fraction of sp³-hybridized carbons (Fsp3) is 0.600. The lowest BCUT2D eigenvalue weighted by molar-refractivity contribution is 0.0551. The molecule has 22 heavy (non-hydrogen) atoms. The molecule has 120 valence electrons. The molecule has 0 atom stereocenters. The van der Waals surface area contributed by atoms with Crippen LogP contribution in [-0.4, -0.2) is 53.2 Å². The maximum atomic E-state index is 12.5. The number of amides is 1. The van der Waals surface area contributed by atoms with Crippen LogP contribution in [0, 0.1) is 0 Å². The van der Waals surface area contributed by atoms with Gasteiger partial charge in [0.05, 0.1) is 15.7 Å². The summed E-state index contributed by atoms with van der Waals surface area (Å²) >= 11 is 3.13. The Morgan fingerprint density at radius 2 is 2.05 bits per heavy atom. The molecular weight excluding hydrogens is 318 g/mol. The van der Waals surface area contributed by atoms with Gasteiger partial charge >= 0.3 is 0 Å². The van der Waals surface area contributed by atoms with Crippen molar-refractivity contribution in [3.63, 3.8) is 0 Å². The largest absolute Gasteiger partial charge is 0.393 e. The summed E-state index contributed by atoms with van der Waals surface area (Å²) < 4.78 is 1.09. The molecule has 2 aromatic rings. The minimum Gasteiger partial charge on any atom is -0.393 e. The molecule has 0 saturated carbocycles. The minimum absolute atomic E-state index is 0.0755. The fourth-order valence-corrected chi connectivity index (χ4v) is 4.99. The van der Waals surface area contributed by atoms with Gasteiger partial charge in [0.15, 0.2) is 5.13 Å². The number of piperidine rings is 1. The number of aromatic nitrogens is 1. The van der Waals surface area contributed by atoms with Gasteiger partial charge in [-0.3, -0.25) is 4.79 Å².